The van der Waals surface area contributed by atoms with Gasteiger partial charge in [0.15, 0.2) is 0 Å². The minimum absolute atomic E-state index is 0.0961. The first-order chi connectivity index (χ1) is 13.9. The van der Waals surface area contributed by atoms with E-state index in [2.05, 4.69) is 5.32 Å². The smallest absolute Gasteiger partial charge is 0.322 e. The number of carbonyl (C=O) groups excluding carboxylic acids is 4. The fraction of sp³-hybridized carbons (Fsp3) is 0.450. The molecule has 156 valence electrons. The number of imide groups is 1. The topological polar surface area (TPSA) is 147 Å². The zero-order valence-electron chi connectivity index (χ0n) is 16.1. The monoisotopic (exact) mass is 403 g/mol. The number of aliphatic carboxylic acids is 1. The summed E-state index contributed by atoms with van der Waals surface area (Å²) in [6, 6.07) is 6.61. The van der Waals surface area contributed by atoms with Crippen LogP contribution in [0, 0.1) is 5.92 Å². The first kappa shape index (κ1) is 22.2. The first-order valence-corrected chi connectivity index (χ1v) is 9.54. The molecule has 1 unspecified atom stereocenters. The Kier molecular flexibility index (Phi) is 8.02. The van der Waals surface area contributed by atoms with Crippen molar-refractivity contribution in [3.63, 3.8) is 0 Å². The molecule has 0 bridgehead atoms. The fourth-order valence-corrected chi connectivity index (χ4v) is 3.23. The van der Waals surface area contributed by atoms with Crippen LogP contribution in [-0.4, -0.2) is 59.1 Å². The fourth-order valence-electron chi connectivity index (χ4n) is 3.23. The van der Waals surface area contributed by atoms with E-state index in [1.54, 1.807) is 24.3 Å². The summed E-state index contributed by atoms with van der Waals surface area (Å²) in [5.41, 5.74) is 6.21. The lowest BCUT2D eigenvalue weighted by Crippen LogP contribution is -2.38. The maximum atomic E-state index is 12.4. The highest BCUT2D eigenvalue weighted by molar-refractivity contribution is 6.21. The number of carboxylic acids is 1. The van der Waals surface area contributed by atoms with Crippen LogP contribution in [0.2, 0.25) is 0 Å². The molecule has 29 heavy (non-hydrogen) atoms. The van der Waals surface area contributed by atoms with E-state index in [9.17, 15) is 24.0 Å². The van der Waals surface area contributed by atoms with Crippen LogP contribution in [0.1, 0.15) is 52.8 Å². The third-order valence-electron chi connectivity index (χ3n) is 4.75. The molecule has 1 aromatic carbocycles. The second kappa shape index (κ2) is 10.5. The summed E-state index contributed by atoms with van der Waals surface area (Å²) >= 11 is 0. The summed E-state index contributed by atoms with van der Waals surface area (Å²) < 4.78 is 0. The molecule has 0 saturated heterocycles. The average Bonchev–Trinajstić information content (AvgIpc) is 2.94. The standard InChI is InChI=1S/C20H25N3O6/c21-10-5-8-15(18(27)22-12-17(25)26)16(24)9-3-4-11-23-19(28)13-6-1-2-7-14(13)20(23)29/h1-2,6-7,15H,3-5,8-12,21H2,(H,22,27)(H,25,26). The van der Waals surface area contributed by atoms with Gasteiger partial charge in [-0.15, -0.1) is 0 Å². The molecule has 0 fully saturated rings. The molecule has 0 spiro atoms. The Labute approximate surface area is 168 Å². The minimum Gasteiger partial charge on any atom is -0.480 e. The molecule has 1 heterocycles. The highest BCUT2D eigenvalue weighted by Gasteiger charge is 2.34. The Balaban J connectivity index is 1.84. The molecule has 1 atom stereocenters. The van der Waals surface area contributed by atoms with E-state index in [-0.39, 0.29) is 37.0 Å². The number of amides is 3. The number of nitrogens with one attached hydrogen (secondary N) is 1. The van der Waals surface area contributed by atoms with Crippen molar-refractivity contribution >= 4 is 29.5 Å². The number of fused-ring (bicyclic) bond motifs is 1. The summed E-state index contributed by atoms with van der Waals surface area (Å²) in [7, 11) is 0. The van der Waals surface area contributed by atoms with E-state index in [0.717, 1.165) is 0 Å². The summed E-state index contributed by atoms with van der Waals surface area (Å²) in [5.74, 6) is -3.74. The van der Waals surface area contributed by atoms with Crippen LogP contribution < -0.4 is 11.1 Å². The molecule has 1 aromatic rings. The number of benzene rings is 1. The van der Waals surface area contributed by atoms with Crippen LogP contribution in [0.3, 0.4) is 0 Å². The van der Waals surface area contributed by atoms with Crippen LogP contribution in [0.15, 0.2) is 24.3 Å². The first-order valence-electron chi connectivity index (χ1n) is 9.54. The zero-order valence-corrected chi connectivity index (χ0v) is 16.1. The maximum absolute atomic E-state index is 12.4. The van der Waals surface area contributed by atoms with Crippen LogP contribution >= 0.6 is 0 Å². The van der Waals surface area contributed by atoms with Crippen LogP contribution in [0.5, 0.6) is 0 Å². The van der Waals surface area contributed by atoms with Gasteiger partial charge in [-0.25, -0.2) is 0 Å². The lowest BCUT2D eigenvalue weighted by molar-refractivity contribution is -0.140. The molecular weight excluding hydrogens is 378 g/mol. The molecule has 9 heteroatoms. The van der Waals surface area contributed by atoms with Gasteiger partial charge in [0.2, 0.25) is 5.91 Å². The van der Waals surface area contributed by atoms with Crippen molar-refractivity contribution in [3.8, 4) is 0 Å². The van der Waals surface area contributed by atoms with Gasteiger partial charge < -0.3 is 16.2 Å². The number of carboxylic acid groups (broad SMARTS) is 1. The zero-order chi connectivity index (χ0) is 21.4. The van der Waals surface area contributed by atoms with Gasteiger partial charge in [0.25, 0.3) is 11.8 Å². The third kappa shape index (κ3) is 5.71. The van der Waals surface area contributed by atoms with E-state index in [1.807, 2.05) is 0 Å². The second-order valence-corrected chi connectivity index (χ2v) is 6.83. The van der Waals surface area contributed by atoms with Crippen LogP contribution in [0.4, 0.5) is 0 Å². The summed E-state index contributed by atoms with van der Waals surface area (Å²) in [6.07, 6.45) is 1.64. The van der Waals surface area contributed by atoms with Gasteiger partial charge in [-0.1, -0.05) is 12.1 Å². The Hall–Kier alpha value is -3.07. The molecular formula is C20H25N3O6. The quantitative estimate of drug-likeness (QED) is 0.263. The third-order valence-corrected chi connectivity index (χ3v) is 4.75. The molecule has 0 aliphatic carbocycles. The van der Waals surface area contributed by atoms with Crippen molar-refractivity contribution in [2.24, 2.45) is 11.7 Å². The highest BCUT2D eigenvalue weighted by Crippen LogP contribution is 2.23. The molecule has 0 radical (unpaired) electrons. The average molecular weight is 403 g/mol. The van der Waals surface area contributed by atoms with Crippen molar-refractivity contribution in [3.05, 3.63) is 35.4 Å². The SMILES string of the molecule is NCCCC(C(=O)CCCCN1C(=O)c2ccccc2C1=O)C(=O)NCC(=O)O. The molecule has 1 aliphatic heterocycles. The van der Waals surface area contributed by atoms with Gasteiger partial charge in [0, 0.05) is 13.0 Å². The highest BCUT2D eigenvalue weighted by atomic mass is 16.4. The Bertz CT molecular complexity index is 772. The van der Waals surface area contributed by atoms with Gasteiger partial charge in [-0.3, -0.25) is 28.9 Å². The molecule has 2 rings (SSSR count). The van der Waals surface area contributed by atoms with Gasteiger partial charge in [-0.05, 0) is 44.4 Å². The number of rotatable bonds is 12. The van der Waals surface area contributed by atoms with E-state index in [0.29, 0.717) is 36.9 Å². The van der Waals surface area contributed by atoms with Crippen molar-refractivity contribution in [2.45, 2.75) is 32.1 Å². The Morgan fingerprint density at radius 1 is 1.03 bits per heavy atom. The molecule has 3 amide bonds. The number of ketones is 1. The number of Topliss-reactive ketones (excluding diaryl/α,β-unsaturated/α-hetero) is 1. The van der Waals surface area contributed by atoms with Crippen LogP contribution in [-0.2, 0) is 14.4 Å². The Morgan fingerprint density at radius 3 is 2.21 bits per heavy atom. The van der Waals surface area contributed by atoms with Crippen molar-refractivity contribution in [1.29, 1.82) is 0 Å². The number of hydrogen-bond acceptors (Lipinski definition) is 6. The number of carbonyl (C=O) groups is 5. The van der Waals surface area contributed by atoms with E-state index in [1.165, 1.54) is 4.90 Å². The van der Waals surface area contributed by atoms with Crippen LogP contribution in [0.25, 0.3) is 0 Å². The van der Waals surface area contributed by atoms with Crippen molar-refractivity contribution in [1.82, 2.24) is 10.2 Å². The van der Waals surface area contributed by atoms with E-state index in [4.69, 9.17) is 10.8 Å². The van der Waals surface area contributed by atoms with E-state index < -0.39 is 24.3 Å². The molecule has 0 aromatic heterocycles. The number of nitrogens with zero attached hydrogens (tertiary/aromatic N) is 1. The van der Waals surface area contributed by atoms with E-state index >= 15 is 0 Å². The predicted octanol–water partition coefficient (Wildman–Crippen LogP) is 0.578. The normalized spacial score (nSPS) is 13.9. The van der Waals surface area contributed by atoms with Gasteiger partial charge in [0.05, 0.1) is 17.0 Å². The summed E-state index contributed by atoms with van der Waals surface area (Å²) in [5, 5.41) is 10.9. The molecule has 0 saturated carbocycles. The van der Waals surface area contributed by atoms with Gasteiger partial charge >= 0.3 is 5.97 Å². The summed E-state index contributed by atoms with van der Waals surface area (Å²) in [4.78, 5) is 60.9. The number of nitrogens with two attached hydrogens (primary N) is 1. The molecule has 1 aliphatic rings. The number of unbranched alkanes of at least 4 members (excludes halogenated alkanes) is 1. The van der Waals surface area contributed by atoms with Gasteiger partial charge in [0.1, 0.15) is 12.3 Å². The largest absolute Gasteiger partial charge is 0.480 e. The maximum Gasteiger partial charge on any atom is 0.322 e. The van der Waals surface area contributed by atoms with Crippen molar-refractivity contribution < 1.29 is 29.1 Å². The predicted molar refractivity (Wildman–Crippen MR) is 103 cm³/mol. The van der Waals surface area contributed by atoms with Crippen molar-refractivity contribution in [2.75, 3.05) is 19.6 Å². The lowest BCUT2D eigenvalue weighted by Gasteiger charge is -2.16. The molecule has 4 N–H and O–H groups in total. The second-order valence-electron chi connectivity index (χ2n) is 6.83. The lowest BCUT2D eigenvalue weighted by atomic mass is 9.93. The molecule has 9 nitrogen and oxygen atoms in total. The van der Waals surface area contributed by atoms with Gasteiger partial charge in [-0.2, -0.15) is 0 Å². The Morgan fingerprint density at radius 2 is 1.66 bits per heavy atom. The summed E-state index contributed by atoms with van der Waals surface area (Å²) in [6.45, 7) is -0.0426. The minimum atomic E-state index is -1.19. The number of hydrogen-bond donors (Lipinski definition) is 3.